The average Bonchev–Trinajstić information content (AvgIpc) is 2.59. The molecule has 0 saturated heterocycles. The van der Waals surface area contributed by atoms with Crippen molar-refractivity contribution in [2.45, 2.75) is 19.3 Å². The molecule has 0 bridgehead atoms. The molecule has 2 saturated carbocycles. The highest BCUT2D eigenvalue weighted by molar-refractivity contribution is 5.49. The normalized spacial score (nSPS) is 46.0. The second-order valence-corrected chi connectivity index (χ2v) is 6.24. The van der Waals surface area contributed by atoms with E-state index in [1.54, 1.807) is 5.57 Å². The van der Waals surface area contributed by atoms with Gasteiger partial charge in [-0.2, -0.15) is 0 Å². The largest absolute Gasteiger partial charge is 0.380 e. The van der Waals surface area contributed by atoms with Crippen molar-refractivity contribution >= 4 is 0 Å². The molecule has 0 amide bonds. The Morgan fingerprint density at radius 3 is 2.94 bits per heavy atom. The maximum Gasteiger partial charge on any atom is 0.0244 e. The van der Waals surface area contributed by atoms with Crippen molar-refractivity contribution in [2.75, 3.05) is 20.6 Å². The summed E-state index contributed by atoms with van der Waals surface area (Å²) in [6.45, 7) is 1.20. The number of hydrogen-bond donors (Lipinski definition) is 0. The minimum absolute atomic E-state index is 0.391. The fraction of sp³-hybridized carbons (Fsp3) is 0.600. The molecule has 17 heavy (non-hydrogen) atoms. The lowest BCUT2D eigenvalue weighted by Gasteiger charge is -2.64. The summed E-state index contributed by atoms with van der Waals surface area (Å²) < 4.78 is 0. The number of rotatable bonds is 0. The lowest BCUT2D eigenvalue weighted by molar-refractivity contribution is 0.00994. The molecule has 2 nitrogen and oxygen atoms in total. The van der Waals surface area contributed by atoms with Crippen LogP contribution in [-0.2, 0) is 0 Å². The highest BCUT2D eigenvalue weighted by Gasteiger charge is 2.69. The molecule has 3 unspecified atom stereocenters. The molecular weight excluding hydrogens is 208 g/mol. The van der Waals surface area contributed by atoms with Crippen LogP contribution in [0, 0.1) is 16.7 Å². The van der Waals surface area contributed by atoms with Crippen LogP contribution in [0.25, 0.3) is 0 Å². The van der Waals surface area contributed by atoms with E-state index in [9.17, 15) is 0 Å². The highest BCUT2D eigenvalue weighted by atomic mass is 15.1. The first kappa shape index (κ1) is 9.81. The Bertz CT molecular complexity index is 462. The van der Waals surface area contributed by atoms with E-state index in [-0.39, 0.29) is 0 Å². The van der Waals surface area contributed by atoms with Gasteiger partial charge in [0.25, 0.3) is 0 Å². The van der Waals surface area contributed by atoms with Gasteiger partial charge < -0.3 is 9.80 Å². The van der Waals surface area contributed by atoms with Gasteiger partial charge in [0.1, 0.15) is 0 Å². The molecule has 2 fully saturated rings. The SMILES string of the molecule is CN1C=CC23CCCC24C=CN(C)CC4C3=C1. The van der Waals surface area contributed by atoms with Gasteiger partial charge in [0.05, 0.1) is 0 Å². The zero-order valence-corrected chi connectivity index (χ0v) is 10.7. The van der Waals surface area contributed by atoms with Crippen molar-refractivity contribution < 1.29 is 0 Å². The summed E-state index contributed by atoms with van der Waals surface area (Å²) in [6.07, 6.45) is 16.1. The van der Waals surface area contributed by atoms with Crippen molar-refractivity contribution in [3.8, 4) is 0 Å². The number of hydrogen-bond acceptors (Lipinski definition) is 2. The third kappa shape index (κ3) is 0.907. The summed E-state index contributed by atoms with van der Waals surface area (Å²) in [4.78, 5) is 4.57. The van der Waals surface area contributed by atoms with Crippen LogP contribution >= 0.6 is 0 Å². The molecule has 2 aliphatic heterocycles. The van der Waals surface area contributed by atoms with Gasteiger partial charge in [-0.25, -0.2) is 0 Å². The van der Waals surface area contributed by atoms with E-state index in [2.05, 4.69) is 54.6 Å². The number of nitrogens with zero attached hydrogens (tertiary/aromatic N) is 2. The van der Waals surface area contributed by atoms with Crippen LogP contribution in [0.5, 0.6) is 0 Å². The van der Waals surface area contributed by atoms with Crippen molar-refractivity contribution in [2.24, 2.45) is 16.7 Å². The fourth-order valence-electron chi connectivity index (χ4n) is 4.79. The summed E-state index contributed by atoms with van der Waals surface area (Å²) in [7, 11) is 4.34. The van der Waals surface area contributed by atoms with Gasteiger partial charge >= 0.3 is 0 Å². The van der Waals surface area contributed by atoms with Gasteiger partial charge in [-0.15, -0.1) is 0 Å². The van der Waals surface area contributed by atoms with Crippen molar-refractivity contribution in [3.63, 3.8) is 0 Å². The zero-order valence-electron chi connectivity index (χ0n) is 10.7. The fourth-order valence-corrected chi connectivity index (χ4v) is 4.79. The van der Waals surface area contributed by atoms with E-state index in [0.29, 0.717) is 10.8 Å². The molecule has 0 aromatic rings. The van der Waals surface area contributed by atoms with Gasteiger partial charge in [0.15, 0.2) is 0 Å². The summed E-state index contributed by atoms with van der Waals surface area (Å²) in [5.74, 6) is 0.757. The topological polar surface area (TPSA) is 6.48 Å². The van der Waals surface area contributed by atoms with Gasteiger partial charge in [0.2, 0.25) is 0 Å². The Hall–Kier alpha value is -1.18. The molecular formula is C15H20N2. The standard InChI is InChI=1S/C15H20N2/c1-16-8-6-14-4-3-5-15(14)7-9-17(2)11-13(15)12(14)10-16/h6-10,13H,3-5,11H2,1-2H3. The molecule has 2 spiro atoms. The molecule has 4 aliphatic rings. The molecule has 2 heteroatoms. The Labute approximate surface area is 103 Å². The maximum atomic E-state index is 2.52. The van der Waals surface area contributed by atoms with Crippen LogP contribution in [0.4, 0.5) is 0 Å². The van der Waals surface area contributed by atoms with E-state index in [4.69, 9.17) is 0 Å². The quantitative estimate of drug-likeness (QED) is 0.629. The summed E-state index contributed by atoms with van der Waals surface area (Å²) in [5.41, 5.74) is 2.54. The lowest BCUT2D eigenvalue weighted by Crippen LogP contribution is -2.61. The van der Waals surface area contributed by atoms with Crippen LogP contribution in [-0.4, -0.2) is 30.4 Å². The molecule has 0 aromatic carbocycles. The van der Waals surface area contributed by atoms with Gasteiger partial charge in [0, 0.05) is 49.8 Å². The minimum Gasteiger partial charge on any atom is -0.380 e. The summed E-state index contributed by atoms with van der Waals surface area (Å²) >= 11 is 0. The molecule has 0 N–H and O–H groups in total. The van der Waals surface area contributed by atoms with Crippen molar-refractivity contribution in [1.82, 2.24) is 9.80 Å². The third-order valence-corrected chi connectivity index (χ3v) is 5.54. The van der Waals surface area contributed by atoms with Crippen molar-refractivity contribution in [1.29, 1.82) is 0 Å². The smallest absolute Gasteiger partial charge is 0.0244 e. The van der Waals surface area contributed by atoms with Crippen LogP contribution in [0.15, 0.2) is 36.3 Å². The Morgan fingerprint density at radius 1 is 1.18 bits per heavy atom. The first-order chi connectivity index (χ1) is 8.18. The second kappa shape index (κ2) is 2.80. The number of allylic oxidation sites excluding steroid dienone is 2. The van der Waals surface area contributed by atoms with Gasteiger partial charge in [-0.05, 0) is 24.6 Å². The van der Waals surface area contributed by atoms with E-state index >= 15 is 0 Å². The molecule has 90 valence electrons. The van der Waals surface area contributed by atoms with Gasteiger partial charge in [-0.3, -0.25) is 0 Å². The van der Waals surface area contributed by atoms with Crippen LogP contribution in [0.2, 0.25) is 0 Å². The monoisotopic (exact) mass is 228 g/mol. The maximum absolute atomic E-state index is 2.52. The molecule has 0 radical (unpaired) electrons. The molecule has 0 aromatic heterocycles. The van der Waals surface area contributed by atoms with E-state index in [1.807, 2.05) is 0 Å². The molecule has 4 rings (SSSR count). The van der Waals surface area contributed by atoms with Gasteiger partial charge in [-0.1, -0.05) is 18.6 Å². The Balaban J connectivity index is 1.87. The predicted molar refractivity (Wildman–Crippen MR) is 69.0 cm³/mol. The highest BCUT2D eigenvalue weighted by Crippen LogP contribution is 2.75. The zero-order chi connectivity index (χ0) is 11.7. The number of fused-ring (bicyclic) bond motifs is 1. The van der Waals surface area contributed by atoms with E-state index in [0.717, 1.165) is 5.92 Å². The lowest BCUT2D eigenvalue weighted by atomic mass is 9.41. The minimum atomic E-state index is 0.391. The second-order valence-electron chi connectivity index (χ2n) is 6.24. The Morgan fingerprint density at radius 2 is 2.06 bits per heavy atom. The molecule has 3 atom stereocenters. The average molecular weight is 228 g/mol. The van der Waals surface area contributed by atoms with E-state index < -0.39 is 0 Å². The van der Waals surface area contributed by atoms with Crippen molar-refractivity contribution in [3.05, 3.63) is 36.3 Å². The molecule has 2 aliphatic carbocycles. The van der Waals surface area contributed by atoms with Crippen LogP contribution in [0.3, 0.4) is 0 Å². The van der Waals surface area contributed by atoms with Crippen LogP contribution < -0.4 is 0 Å². The first-order valence-electron chi connectivity index (χ1n) is 6.71. The third-order valence-electron chi connectivity index (χ3n) is 5.54. The summed E-state index contributed by atoms with van der Waals surface area (Å²) in [5, 5.41) is 0. The predicted octanol–water partition coefficient (Wildman–Crippen LogP) is 2.58. The van der Waals surface area contributed by atoms with E-state index in [1.165, 1.54) is 25.8 Å². The molecule has 2 heterocycles. The Kier molecular flexibility index (Phi) is 1.61. The summed E-state index contributed by atoms with van der Waals surface area (Å²) in [6, 6.07) is 0. The van der Waals surface area contributed by atoms with Crippen LogP contribution in [0.1, 0.15) is 19.3 Å². The first-order valence-corrected chi connectivity index (χ1v) is 6.71.